The normalized spacial score (nSPS) is 14.4. The number of hydrogen-bond donors (Lipinski definition) is 1. The summed E-state index contributed by atoms with van der Waals surface area (Å²) in [5.41, 5.74) is 6.64. The molecule has 0 spiro atoms. The molecule has 3 heteroatoms. The molecule has 0 saturated heterocycles. The van der Waals surface area contributed by atoms with Gasteiger partial charge in [0.2, 0.25) is 5.78 Å². The van der Waals surface area contributed by atoms with Crippen molar-refractivity contribution in [1.82, 2.24) is 0 Å². The molecule has 0 fully saturated rings. The summed E-state index contributed by atoms with van der Waals surface area (Å²) in [5.74, 6) is -0.137. The first-order valence-electron chi connectivity index (χ1n) is 9.34. The van der Waals surface area contributed by atoms with Crippen molar-refractivity contribution in [1.29, 1.82) is 0 Å². The van der Waals surface area contributed by atoms with Crippen LogP contribution in [-0.2, 0) is 11.2 Å². The first kappa shape index (κ1) is 19.3. The van der Waals surface area contributed by atoms with Gasteiger partial charge in [0.1, 0.15) is 0 Å². The Morgan fingerprint density at radius 3 is 2.18 bits per heavy atom. The zero-order valence-electron chi connectivity index (χ0n) is 16.3. The fourth-order valence-corrected chi connectivity index (χ4v) is 3.13. The summed E-state index contributed by atoms with van der Waals surface area (Å²) < 4.78 is 0. The van der Waals surface area contributed by atoms with Crippen molar-refractivity contribution in [3.05, 3.63) is 102 Å². The van der Waals surface area contributed by atoms with E-state index in [0.29, 0.717) is 22.5 Å². The molecule has 140 valence electrons. The minimum absolute atomic E-state index is 0.137. The van der Waals surface area contributed by atoms with E-state index in [1.807, 2.05) is 24.3 Å². The second-order valence-corrected chi connectivity index (χ2v) is 6.52. The van der Waals surface area contributed by atoms with Gasteiger partial charge in [-0.25, -0.2) is 0 Å². The van der Waals surface area contributed by atoms with Gasteiger partial charge in [-0.2, -0.15) is 0 Å². The van der Waals surface area contributed by atoms with E-state index in [4.69, 9.17) is 0 Å². The van der Waals surface area contributed by atoms with Crippen molar-refractivity contribution in [2.45, 2.75) is 20.3 Å². The number of ketones is 1. The van der Waals surface area contributed by atoms with Crippen LogP contribution in [0.4, 0.5) is 5.69 Å². The molecule has 0 heterocycles. The molecule has 1 aliphatic carbocycles. The van der Waals surface area contributed by atoms with Crippen molar-refractivity contribution in [3.63, 3.8) is 0 Å². The highest BCUT2D eigenvalue weighted by molar-refractivity contribution is 6.14. The van der Waals surface area contributed by atoms with Gasteiger partial charge in [-0.05, 0) is 53.8 Å². The molecule has 0 saturated carbocycles. The zero-order chi connectivity index (χ0) is 20.1. The summed E-state index contributed by atoms with van der Waals surface area (Å²) >= 11 is 0. The Labute approximate surface area is 166 Å². The van der Waals surface area contributed by atoms with Gasteiger partial charge in [-0.3, -0.25) is 9.79 Å². The van der Waals surface area contributed by atoms with E-state index in [1.54, 1.807) is 19.2 Å². The molecule has 0 radical (unpaired) electrons. The summed E-state index contributed by atoms with van der Waals surface area (Å²) in [6, 6.07) is 16.6. The average molecular weight is 368 g/mol. The van der Waals surface area contributed by atoms with E-state index in [9.17, 15) is 4.79 Å². The number of carbonyl (C=O) groups excluding carboxylic acids is 1. The molecular weight excluding hydrogens is 344 g/mol. The van der Waals surface area contributed by atoms with E-state index >= 15 is 0 Å². The lowest BCUT2D eigenvalue weighted by molar-refractivity contribution is -0.111. The van der Waals surface area contributed by atoms with Crippen LogP contribution in [0.2, 0.25) is 0 Å². The average Bonchev–Trinajstić information content (AvgIpc) is 2.72. The molecule has 0 atom stereocenters. The van der Waals surface area contributed by atoms with Gasteiger partial charge < -0.3 is 5.32 Å². The molecule has 3 nitrogen and oxygen atoms in total. The molecule has 28 heavy (non-hydrogen) atoms. The van der Waals surface area contributed by atoms with Gasteiger partial charge in [0.05, 0.1) is 11.4 Å². The van der Waals surface area contributed by atoms with Gasteiger partial charge in [-0.15, -0.1) is 0 Å². The van der Waals surface area contributed by atoms with Crippen molar-refractivity contribution in [3.8, 4) is 11.1 Å². The summed E-state index contributed by atoms with van der Waals surface area (Å²) in [6.07, 6.45) is 5.95. The minimum Gasteiger partial charge on any atom is -0.352 e. The number of aliphatic imine (C=N–C) groups is 1. The fourth-order valence-electron chi connectivity index (χ4n) is 3.13. The van der Waals surface area contributed by atoms with Gasteiger partial charge >= 0.3 is 0 Å². The largest absolute Gasteiger partial charge is 0.352 e. The Balaban J connectivity index is 1.80. The van der Waals surface area contributed by atoms with Crippen LogP contribution in [0.5, 0.6) is 0 Å². The van der Waals surface area contributed by atoms with Crippen LogP contribution in [0.25, 0.3) is 11.1 Å². The number of anilines is 1. The van der Waals surface area contributed by atoms with E-state index in [1.165, 1.54) is 17.2 Å². The minimum atomic E-state index is -0.137. The molecular formula is C25H24N2O. The van der Waals surface area contributed by atoms with Crippen LogP contribution in [-0.4, -0.2) is 12.0 Å². The topological polar surface area (TPSA) is 41.5 Å². The number of nitrogens with zero attached hydrogens (tertiary/aromatic N) is 1. The Morgan fingerprint density at radius 1 is 1.04 bits per heavy atom. The number of Topliss-reactive ketones (excluding diaryl/α,β-unsaturated/α-hetero) is 1. The third-order valence-corrected chi connectivity index (χ3v) is 4.69. The molecule has 0 unspecified atom stereocenters. The fraction of sp³-hybridized carbons (Fsp3) is 0.120. The molecule has 0 aliphatic heterocycles. The van der Waals surface area contributed by atoms with Crippen molar-refractivity contribution in [2.75, 3.05) is 5.32 Å². The molecule has 0 amide bonds. The summed E-state index contributed by atoms with van der Waals surface area (Å²) in [4.78, 5) is 17.0. The van der Waals surface area contributed by atoms with Crippen molar-refractivity contribution < 1.29 is 4.79 Å². The highest BCUT2D eigenvalue weighted by atomic mass is 16.1. The highest BCUT2D eigenvalue weighted by Crippen LogP contribution is 2.28. The number of carbonyl (C=O) groups is 1. The van der Waals surface area contributed by atoms with Gasteiger partial charge in [0.15, 0.2) is 0 Å². The number of benzene rings is 2. The van der Waals surface area contributed by atoms with Crippen LogP contribution in [0, 0.1) is 0 Å². The van der Waals surface area contributed by atoms with E-state index in [-0.39, 0.29) is 5.78 Å². The van der Waals surface area contributed by atoms with Gasteiger partial charge in [0.25, 0.3) is 0 Å². The molecule has 2 aromatic carbocycles. The van der Waals surface area contributed by atoms with Crippen LogP contribution >= 0.6 is 0 Å². The van der Waals surface area contributed by atoms with Crippen LogP contribution in [0.3, 0.4) is 0 Å². The SMILES string of the molecule is C=CC1=C(N=CC)C(=C)C=C(Nc2ccc(-c3ccc(CC)cc3)cc2)C1=O. The summed E-state index contributed by atoms with van der Waals surface area (Å²) in [5, 5.41) is 3.20. The summed E-state index contributed by atoms with van der Waals surface area (Å²) in [7, 11) is 0. The van der Waals surface area contributed by atoms with Gasteiger partial charge in [0, 0.05) is 17.5 Å². The maximum Gasteiger partial charge on any atom is 0.211 e. The van der Waals surface area contributed by atoms with Crippen LogP contribution in [0.15, 0.2) is 101 Å². The number of allylic oxidation sites excluding steroid dienone is 3. The molecule has 1 aliphatic rings. The van der Waals surface area contributed by atoms with Crippen LogP contribution < -0.4 is 5.32 Å². The predicted octanol–water partition coefficient (Wildman–Crippen LogP) is 5.88. The Hall–Kier alpha value is -3.46. The standard InChI is InChI=1S/C25H24N2O/c1-5-18-8-10-19(11-9-18)20-12-14-21(15-13-20)27-23-16-17(4)24(26-7-3)22(6-2)25(23)28/h6-16,27H,2,4-5H2,1,3H3. The lowest BCUT2D eigenvalue weighted by Crippen LogP contribution is -2.18. The highest BCUT2D eigenvalue weighted by Gasteiger charge is 2.23. The van der Waals surface area contributed by atoms with Gasteiger partial charge in [-0.1, -0.05) is 62.6 Å². The number of aryl methyl sites for hydroxylation is 1. The first-order chi connectivity index (χ1) is 13.6. The first-order valence-corrected chi connectivity index (χ1v) is 9.34. The lowest BCUT2D eigenvalue weighted by Gasteiger charge is -2.18. The maximum atomic E-state index is 12.8. The summed E-state index contributed by atoms with van der Waals surface area (Å²) in [6.45, 7) is 11.7. The second kappa shape index (κ2) is 8.49. The monoisotopic (exact) mass is 368 g/mol. The van der Waals surface area contributed by atoms with E-state index in [0.717, 1.165) is 17.7 Å². The number of rotatable bonds is 6. The molecule has 0 aromatic heterocycles. The maximum absolute atomic E-state index is 12.8. The Morgan fingerprint density at radius 2 is 1.64 bits per heavy atom. The van der Waals surface area contributed by atoms with Crippen LogP contribution in [0.1, 0.15) is 19.4 Å². The molecule has 1 N–H and O–H groups in total. The second-order valence-electron chi connectivity index (χ2n) is 6.52. The quantitative estimate of drug-likeness (QED) is 0.647. The number of hydrogen-bond acceptors (Lipinski definition) is 3. The Kier molecular flexibility index (Phi) is 5.85. The number of nitrogens with one attached hydrogen (secondary N) is 1. The third kappa shape index (κ3) is 3.94. The van der Waals surface area contributed by atoms with Crippen molar-refractivity contribution in [2.24, 2.45) is 4.99 Å². The molecule has 2 aromatic rings. The van der Waals surface area contributed by atoms with E-state index < -0.39 is 0 Å². The molecule has 3 rings (SSSR count). The Bertz CT molecular complexity index is 1000. The van der Waals surface area contributed by atoms with E-state index in [2.05, 4.69) is 54.7 Å². The predicted molar refractivity (Wildman–Crippen MR) is 118 cm³/mol. The zero-order valence-corrected chi connectivity index (χ0v) is 16.3. The molecule has 0 bridgehead atoms. The van der Waals surface area contributed by atoms with Crippen molar-refractivity contribution >= 4 is 17.7 Å². The lowest BCUT2D eigenvalue weighted by atomic mass is 9.95. The smallest absolute Gasteiger partial charge is 0.211 e. The third-order valence-electron chi connectivity index (χ3n) is 4.69.